The lowest BCUT2D eigenvalue weighted by Gasteiger charge is -2.16. The molecule has 1 unspecified atom stereocenters. The molecule has 0 spiro atoms. The molecule has 0 bridgehead atoms. The average molecular weight is 337 g/mol. The van der Waals surface area contributed by atoms with Crippen LogP contribution < -0.4 is 10.1 Å². The molecule has 9 heteroatoms. The van der Waals surface area contributed by atoms with E-state index in [0.717, 1.165) is 0 Å². The number of benzene rings is 1. The zero-order valence-electron chi connectivity index (χ0n) is 13.5. The molecule has 0 saturated carbocycles. The number of rotatable bonds is 7. The molecule has 1 fully saturated rings. The summed E-state index contributed by atoms with van der Waals surface area (Å²) in [7, 11) is 2.95. The first-order valence-electron chi connectivity index (χ1n) is 7.36. The number of nitrogens with zero attached hydrogens (tertiary/aromatic N) is 2. The van der Waals surface area contributed by atoms with E-state index in [2.05, 4.69) is 5.32 Å². The smallest absolute Gasteiger partial charge is 0.271 e. The quantitative estimate of drug-likeness (QED) is 0.588. The fourth-order valence-corrected chi connectivity index (χ4v) is 2.51. The van der Waals surface area contributed by atoms with Gasteiger partial charge in [-0.1, -0.05) is 0 Å². The summed E-state index contributed by atoms with van der Waals surface area (Å²) in [6.45, 7) is 1.13. The molecule has 1 N–H and O–H groups in total. The second-order valence-electron chi connectivity index (χ2n) is 5.36. The normalized spacial score (nSPS) is 17.0. The summed E-state index contributed by atoms with van der Waals surface area (Å²) in [5, 5.41) is 13.5. The van der Waals surface area contributed by atoms with Crippen LogP contribution in [-0.2, 0) is 14.3 Å². The Bertz CT molecular complexity index is 648. The summed E-state index contributed by atoms with van der Waals surface area (Å²) in [6.07, 6.45) is 0.104. The SMILES string of the molecule is COCCN1CC(C(=O)Nc2cc([N+](=O)[O-])ccc2OC)CC1=O. The van der Waals surface area contributed by atoms with Crippen LogP contribution in [0.2, 0.25) is 0 Å². The van der Waals surface area contributed by atoms with Crippen LogP contribution >= 0.6 is 0 Å². The highest BCUT2D eigenvalue weighted by Crippen LogP contribution is 2.30. The Morgan fingerprint density at radius 3 is 2.83 bits per heavy atom. The molecule has 1 aliphatic rings. The van der Waals surface area contributed by atoms with Crippen molar-refractivity contribution >= 4 is 23.2 Å². The van der Waals surface area contributed by atoms with Gasteiger partial charge in [0.05, 0.1) is 30.2 Å². The van der Waals surface area contributed by atoms with E-state index in [1.54, 1.807) is 12.0 Å². The minimum atomic E-state index is -0.555. The Morgan fingerprint density at radius 2 is 2.21 bits per heavy atom. The molecule has 1 aromatic rings. The number of amides is 2. The van der Waals surface area contributed by atoms with Gasteiger partial charge in [0.25, 0.3) is 5.69 Å². The van der Waals surface area contributed by atoms with E-state index in [0.29, 0.717) is 25.4 Å². The second kappa shape index (κ2) is 7.73. The third-order valence-corrected chi connectivity index (χ3v) is 3.80. The molecule has 1 saturated heterocycles. The van der Waals surface area contributed by atoms with E-state index in [1.807, 2.05) is 0 Å². The van der Waals surface area contributed by atoms with Crippen molar-refractivity contribution in [2.24, 2.45) is 5.92 Å². The minimum absolute atomic E-state index is 0.104. The summed E-state index contributed by atoms with van der Waals surface area (Å²) < 4.78 is 10.0. The summed E-state index contributed by atoms with van der Waals surface area (Å²) in [5.74, 6) is -0.687. The number of carbonyl (C=O) groups is 2. The third kappa shape index (κ3) is 3.99. The van der Waals surface area contributed by atoms with Gasteiger partial charge in [0.1, 0.15) is 5.75 Å². The van der Waals surface area contributed by atoms with E-state index < -0.39 is 10.8 Å². The van der Waals surface area contributed by atoms with Crippen molar-refractivity contribution in [3.05, 3.63) is 28.3 Å². The van der Waals surface area contributed by atoms with E-state index in [-0.39, 0.29) is 29.6 Å². The topological polar surface area (TPSA) is 111 Å². The van der Waals surface area contributed by atoms with Gasteiger partial charge in [-0.3, -0.25) is 19.7 Å². The summed E-state index contributed by atoms with van der Waals surface area (Å²) in [6, 6.07) is 3.94. The molecule has 2 amide bonds. The highest BCUT2D eigenvalue weighted by molar-refractivity contribution is 5.98. The lowest BCUT2D eigenvalue weighted by molar-refractivity contribution is -0.384. The van der Waals surface area contributed by atoms with Crippen LogP contribution in [-0.4, -0.2) is 55.6 Å². The first-order valence-corrected chi connectivity index (χ1v) is 7.36. The number of likely N-dealkylation sites (tertiary alicyclic amines) is 1. The number of non-ortho nitro benzene ring substituents is 1. The van der Waals surface area contributed by atoms with Crippen molar-refractivity contribution in [2.75, 3.05) is 39.2 Å². The predicted octanol–water partition coefficient (Wildman–Crippen LogP) is 1.04. The van der Waals surface area contributed by atoms with Crippen molar-refractivity contribution in [1.29, 1.82) is 0 Å². The van der Waals surface area contributed by atoms with E-state index >= 15 is 0 Å². The number of nitro benzene ring substituents is 1. The number of ether oxygens (including phenoxy) is 2. The lowest BCUT2D eigenvalue weighted by atomic mass is 10.1. The molecule has 1 atom stereocenters. The van der Waals surface area contributed by atoms with Crippen molar-refractivity contribution in [1.82, 2.24) is 4.90 Å². The first-order chi connectivity index (χ1) is 11.5. The minimum Gasteiger partial charge on any atom is -0.495 e. The van der Waals surface area contributed by atoms with Gasteiger partial charge >= 0.3 is 0 Å². The van der Waals surface area contributed by atoms with Crippen LogP contribution in [0.25, 0.3) is 0 Å². The van der Waals surface area contributed by atoms with Gasteiger partial charge in [-0.05, 0) is 6.07 Å². The summed E-state index contributed by atoms with van der Waals surface area (Å²) in [4.78, 5) is 36.2. The van der Waals surface area contributed by atoms with Crippen molar-refractivity contribution in [3.8, 4) is 5.75 Å². The molecule has 1 heterocycles. The van der Waals surface area contributed by atoms with Crippen molar-refractivity contribution in [2.45, 2.75) is 6.42 Å². The number of carbonyl (C=O) groups excluding carboxylic acids is 2. The van der Waals surface area contributed by atoms with Crippen LogP contribution in [0.4, 0.5) is 11.4 Å². The second-order valence-corrected chi connectivity index (χ2v) is 5.36. The van der Waals surface area contributed by atoms with Crippen LogP contribution in [0.5, 0.6) is 5.75 Å². The molecule has 1 aromatic carbocycles. The number of methoxy groups -OCH3 is 2. The molecule has 9 nitrogen and oxygen atoms in total. The number of nitro groups is 1. The number of hydrogen-bond acceptors (Lipinski definition) is 6. The van der Waals surface area contributed by atoms with Gasteiger partial charge in [-0.2, -0.15) is 0 Å². The molecule has 24 heavy (non-hydrogen) atoms. The molecule has 0 radical (unpaired) electrons. The van der Waals surface area contributed by atoms with Crippen molar-refractivity contribution < 1.29 is 24.0 Å². The van der Waals surface area contributed by atoms with E-state index in [9.17, 15) is 19.7 Å². The Hall–Kier alpha value is -2.68. The Kier molecular flexibility index (Phi) is 5.69. The van der Waals surface area contributed by atoms with Gasteiger partial charge in [0.2, 0.25) is 11.8 Å². The molecule has 0 aliphatic carbocycles. The Morgan fingerprint density at radius 1 is 1.46 bits per heavy atom. The van der Waals surface area contributed by atoms with E-state index in [1.165, 1.54) is 25.3 Å². The fourth-order valence-electron chi connectivity index (χ4n) is 2.51. The molecule has 1 aliphatic heterocycles. The Labute approximate surface area is 138 Å². The molecule has 130 valence electrons. The number of nitrogens with one attached hydrogen (secondary N) is 1. The molecular formula is C15H19N3O6. The molecule has 0 aromatic heterocycles. The fraction of sp³-hybridized carbons (Fsp3) is 0.467. The van der Waals surface area contributed by atoms with Crippen LogP contribution in [0.15, 0.2) is 18.2 Å². The van der Waals surface area contributed by atoms with Gasteiger partial charge in [-0.15, -0.1) is 0 Å². The molecular weight excluding hydrogens is 318 g/mol. The Balaban J connectivity index is 2.08. The average Bonchev–Trinajstić information content (AvgIpc) is 2.93. The monoisotopic (exact) mass is 337 g/mol. The van der Waals surface area contributed by atoms with Crippen LogP contribution in [0.3, 0.4) is 0 Å². The summed E-state index contributed by atoms with van der Waals surface area (Å²) >= 11 is 0. The predicted molar refractivity (Wildman–Crippen MR) is 84.8 cm³/mol. The third-order valence-electron chi connectivity index (χ3n) is 3.80. The maximum atomic E-state index is 12.4. The van der Waals surface area contributed by atoms with Gasteiger partial charge in [0, 0.05) is 38.8 Å². The zero-order valence-corrected chi connectivity index (χ0v) is 13.5. The van der Waals surface area contributed by atoms with Gasteiger partial charge < -0.3 is 19.7 Å². The van der Waals surface area contributed by atoms with Gasteiger partial charge in [-0.25, -0.2) is 0 Å². The number of anilines is 1. The standard InChI is InChI=1S/C15H19N3O6/c1-23-6-5-17-9-10(7-14(17)19)15(20)16-12-8-11(18(21)22)3-4-13(12)24-2/h3-4,8,10H,5-7,9H2,1-2H3,(H,16,20). The maximum absolute atomic E-state index is 12.4. The van der Waals surface area contributed by atoms with E-state index in [4.69, 9.17) is 9.47 Å². The number of hydrogen-bond donors (Lipinski definition) is 1. The van der Waals surface area contributed by atoms with Crippen LogP contribution in [0.1, 0.15) is 6.42 Å². The van der Waals surface area contributed by atoms with Gasteiger partial charge in [0.15, 0.2) is 0 Å². The highest BCUT2D eigenvalue weighted by atomic mass is 16.6. The van der Waals surface area contributed by atoms with Crippen molar-refractivity contribution in [3.63, 3.8) is 0 Å². The van der Waals surface area contributed by atoms with Crippen LogP contribution in [0, 0.1) is 16.0 Å². The largest absolute Gasteiger partial charge is 0.495 e. The lowest BCUT2D eigenvalue weighted by Crippen LogP contribution is -2.30. The first kappa shape index (κ1) is 17.7. The molecule has 2 rings (SSSR count). The highest BCUT2D eigenvalue weighted by Gasteiger charge is 2.34. The maximum Gasteiger partial charge on any atom is 0.271 e. The zero-order chi connectivity index (χ0) is 17.7. The summed E-state index contributed by atoms with van der Waals surface area (Å²) in [5.41, 5.74) is 0.0507.